The van der Waals surface area contributed by atoms with E-state index in [4.69, 9.17) is 4.98 Å². The van der Waals surface area contributed by atoms with E-state index in [2.05, 4.69) is 0 Å². The highest BCUT2D eigenvalue weighted by molar-refractivity contribution is 7.99. The number of carbonyl (C=O) groups excluding carboxylic acids is 2. The van der Waals surface area contributed by atoms with Gasteiger partial charge in [0.25, 0.3) is 5.56 Å². The Morgan fingerprint density at radius 1 is 1.06 bits per heavy atom. The van der Waals surface area contributed by atoms with Gasteiger partial charge >= 0.3 is 0 Å². The van der Waals surface area contributed by atoms with E-state index >= 15 is 0 Å². The maximum Gasteiger partial charge on any atom is 0.267 e. The van der Waals surface area contributed by atoms with E-state index in [0.29, 0.717) is 46.1 Å². The van der Waals surface area contributed by atoms with E-state index in [1.807, 2.05) is 48.5 Å². The van der Waals surface area contributed by atoms with Gasteiger partial charge < -0.3 is 4.90 Å². The number of hydrogen-bond acceptors (Lipinski definition) is 6. The summed E-state index contributed by atoms with van der Waals surface area (Å²) < 4.78 is 1.61. The number of thiophene rings is 1. The van der Waals surface area contributed by atoms with Crippen LogP contribution in [0.4, 0.5) is 0 Å². The molecule has 0 radical (unpaired) electrons. The number of carbonyl (C=O) groups is 2. The maximum absolute atomic E-state index is 13.8. The number of thioether (sulfide) groups is 1. The Labute approximate surface area is 198 Å². The van der Waals surface area contributed by atoms with Crippen molar-refractivity contribution < 1.29 is 9.59 Å². The number of Topliss-reactive ketones (excluding diaryl/α,β-unsaturated/α-hetero) is 1. The molecule has 0 saturated heterocycles. The molecule has 2 aromatic heterocycles. The average Bonchev–Trinajstić information content (AvgIpc) is 3.21. The Kier molecular flexibility index (Phi) is 5.86. The fourth-order valence-electron chi connectivity index (χ4n) is 4.03. The first-order valence-electron chi connectivity index (χ1n) is 10.6. The molecule has 3 heterocycles. The number of nitrogens with zero attached hydrogens (tertiary/aromatic N) is 3. The molecule has 5 rings (SSSR count). The molecule has 0 bridgehead atoms. The van der Waals surface area contributed by atoms with Crippen molar-refractivity contribution in [2.75, 3.05) is 12.3 Å². The van der Waals surface area contributed by atoms with Gasteiger partial charge in [-0.15, -0.1) is 11.3 Å². The van der Waals surface area contributed by atoms with Crippen molar-refractivity contribution >= 4 is 45.0 Å². The molecule has 0 fully saturated rings. The van der Waals surface area contributed by atoms with Crippen molar-refractivity contribution in [3.05, 3.63) is 87.0 Å². The average molecular weight is 476 g/mol. The summed E-state index contributed by atoms with van der Waals surface area (Å²) in [4.78, 5) is 46.6. The first kappa shape index (κ1) is 21.6. The number of para-hydroxylation sites is 1. The number of fused-ring (bicyclic) bond motifs is 3. The van der Waals surface area contributed by atoms with Crippen molar-refractivity contribution in [3.63, 3.8) is 0 Å². The quantitative estimate of drug-likeness (QED) is 0.244. The van der Waals surface area contributed by atoms with Gasteiger partial charge in [0, 0.05) is 23.9 Å². The second-order valence-electron chi connectivity index (χ2n) is 7.82. The van der Waals surface area contributed by atoms with Gasteiger partial charge in [-0.2, -0.15) is 0 Å². The van der Waals surface area contributed by atoms with E-state index in [1.165, 1.54) is 23.1 Å². The molecule has 8 heteroatoms. The van der Waals surface area contributed by atoms with E-state index in [1.54, 1.807) is 28.5 Å². The van der Waals surface area contributed by atoms with Gasteiger partial charge in [-0.25, -0.2) is 4.98 Å². The number of rotatable bonds is 5. The van der Waals surface area contributed by atoms with Crippen molar-refractivity contribution in [2.24, 2.45) is 0 Å². The lowest BCUT2D eigenvalue weighted by Gasteiger charge is -2.25. The highest BCUT2D eigenvalue weighted by Gasteiger charge is 2.26. The first-order chi connectivity index (χ1) is 16.0. The highest BCUT2D eigenvalue weighted by Crippen LogP contribution is 2.34. The van der Waals surface area contributed by atoms with Crippen LogP contribution in [0.2, 0.25) is 0 Å². The van der Waals surface area contributed by atoms with Gasteiger partial charge in [0.2, 0.25) is 5.91 Å². The summed E-state index contributed by atoms with van der Waals surface area (Å²) in [7, 11) is 0. The van der Waals surface area contributed by atoms with Gasteiger partial charge in [0.05, 0.1) is 23.4 Å². The molecule has 2 aromatic carbocycles. The standard InChI is InChI=1S/C25H21N3O3S2/c1-16(29)27-13-12-19-21(14-27)33-23-22(19)24(31)28(18-10-6-3-7-11-18)25(26-23)32-15-20(30)17-8-4-2-5-9-17/h2-11H,12-15H2,1H3. The van der Waals surface area contributed by atoms with E-state index in [9.17, 15) is 14.4 Å². The molecule has 0 atom stereocenters. The van der Waals surface area contributed by atoms with Crippen molar-refractivity contribution in [1.29, 1.82) is 0 Å². The monoisotopic (exact) mass is 475 g/mol. The topological polar surface area (TPSA) is 72.3 Å². The molecule has 1 aliphatic rings. The Balaban J connectivity index is 1.59. The molecule has 0 unspecified atom stereocenters. The van der Waals surface area contributed by atoms with E-state index in [-0.39, 0.29) is 23.0 Å². The van der Waals surface area contributed by atoms with E-state index in [0.717, 1.165) is 10.4 Å². The fourth-order valence-corrected chi connectivity index (χ4v) is 6.22. The second-order valence-corrected chi connectivity index (χ2v) is 9.85. The Hall–Kier alpha value is -3.23. The lowest BCUT2D eigenvalue weighted by Crippen LogP contribution is -2.34. The Morgan fingerprint density at radius 2 is 1.76 bits per heavy atom. The van der Waals surface area contributed by atoms with Crippen LogP contribution in [-0.2, 0) is 17.8 Å². The Morgan fingerprint density at radius 3 is 2.45 bits per heavy atom. The summed E-state index contributed by atoms with van der Waals surface area (Å²) in [5, 5.41) is 1.12. The van der Waals surface area contributed by atoms with Crippen molar-refractivity contribution in [2.45, 2.75) is 25.0 Å². The third kappa shape index (κ3) is 4.12. The zero-order chi connectivity index (χ0) is 22.9. The maximum atomic E-state index is 13.8. The van der Waals surface area contributed by atoms with Crippen LogP contribution in [0.1, 0.15) is 27.7 Å². The summed E-state index contributed by atoms with van der Waals surface area (Å²) in [5.74, 6) is 0.193. The molecule has 0 aliphatic carbocycles. The minimum Gasteiger partial charge on any atom is -0.337 e. The largest absolute Gasteiger partial charge is 0.337 e. The van der Waals surface area contributed by atoms with Gasteiger partial charge in [0.15, 0.2) is 10.9 Å². The van der Waals surface area contributed by atoms with Crippen LogP contribution in [0.5, 0.6) is 0 Å². The molecular weight excluding hydrogens is 454 g/mol. The van der Waals surface area contributed by atoms with Crippen LogP contribution >= 0.6 is 23.1 Å². The second kappa shape index (κ2) is 8.96. The summed E-state index contributed by atoms with van der Waals surface area (Å²) >= 11 is 2.74. The number of aromatic nitrogens is 2. The first-order valence-corrected chi connectivity index (χ1v) is 12.4. The summed E-state index contributed by atoms with van der Waals surface area (Å²) in [5.41, 5.74) is 2.21. The molecule has 4 aromatic rings. The minimum atomic E-state index is -0.130. The minimum absolute atomic E-state index is 0.0165. The van der Waals surface area contributed by atoms with Crippen LogP contribution in [0.3, 0.4) is 0 Å². The third-order valence-corrected chi connectivity index (χ3v) is 7.78. The van der Waals surface area contributed by atoms with Crippen molar-refractivity contribution in [1.82, 2.24) is 14.5 Å². The molecule has 0 spiro atoms. The molecule has 33 heavy (non-hydrogen) atoms. The summed E-state index contributed by atoms with van der Waals surface area (Å²) in [6.07, 6.45) is 0.638. The molecule has 1 aliphatic heterocycles. The van der Waals surface area contributed by atoms with Crippen LogP contribution in [0, 0.1) is 0 Å². The molecule has 6 nitrogen and oxygen atoms in total. The fraction of sp³-hybridized carbons (Fsp3) is 0.200. The molecule has 0 saturated carbocycles. The highest BCUT2D eigenvalue weighted by atomic mass is 32.2. The lowest BCUT2D eigenvalue weighted by atomic mass is 10.1. The zero-order valence-electron chi connectivity index (χ0n) is 18.0. The normalized spacial score (nSPS) is 13.2. The number of amides is 1. The van der Waals surface area contributed by atoms with Crippen LogP contribution in [0.25, 0.3) is 15.9 Å². The van der Waals surface area contributed by atoms with Gasteiger partial charge in [0.1, 0.15) is 4.83 Å². The molecular formula is C25H21N3O3S2. The summed E-state index contributed by atoms with van der Waals surface area (Å²) in [6.45, 7) is 2.67. The number of benzene rings is 2. The number of ketones is 1. The van der Waals surface area contributed by atoms with Crippen LogP contribution in [-0.4, -0.2) is 38.4 Å². The van der Waals surface area contributed by atoms with E-state index < -0.39 is 0 Å². The van der Waals surface area contributed by atoms with Gasteiger partial charge in [-0.05, 0) is 24.1 Å². The SMILES string of the molecule is CC(=O)N1CCc2c(sc3nc(SCC(=O)c4ccccc4)n(-c4ccccc4)c(=O)c23)C1. The molecule has 166 valence electrons. The Bertz CT molecular complexity index is 1410. The smallest absolute Gasteiger partial charge is 0.267 e. The zero-order valence-corrected chi connectivity index (χ0v) is 19.6. The van der Waals surface area contributed by atoms with Gasteiger partial charge in [-0.1, -0.05) is 60.3 Å². The molecule has 0 N–H and O–H groups in total. The van der Waals surface area contributed by atoms with Crippen molar-refractivity contribution in [3.8, 4) is 5.69 Å². The number of hydrogen-bond donors (Lipinski definition) is 0. The summed E-state index contributed by atoms with van der Waals surface area (Å²) in [6, 6.07) is 18.5. The third-order valence-electron chi connectivity index (χ3n) is 5.73. The molecule has 1 amide bonds. The van der Waals surface area contributed by atoms with Crippen LogP contribution in [0.15, 0.2) is 70.6 Å². The van der Waals surface area contributed by atoms with Gasteiger partial charge in [-0.3, -0.25) is 19.0 Å². The lowest BCUT2D eigenvalue weighted by molar-refractivity contribution is -0.129. The predicted molar refractivity (Wildman–Crippen MR) is 132 cm³/mol. The predicted octanol–water partition coefficient (Wildman–Crippen LogP) is 4.33. The van der Waals surface area contributed by atoms with Crippen LogP contribution < -0.4 is 5.56 Å².